The maximum atomic E-state index is 13.0. The normalized spacial score (nSPS) is 12.2. The second-order valence-corrected chi connectivity index (χ2v) is 5.90. The third-order valence-electron chi connectivity index (χ3n) is 2.69. The second kappa shape index (κ2) is 8.81. The number of thioether (sulfide) groups is 1. The molecule has 0 saturated heterocycles. The topological polar surface area (TPSA) is 75.3 Å². The molecule has 4 nitrogen and oxygen atoms in total. The van der Waals surface area contributed by atoms with E-state index in [2.05, 4.69) is 5.32 Å². The zero-order chi connectivity index (χ0) is 15.0. The average molecular weight is 300 g/mol. The molecule has 1 amide bonds. The van der Waals surface area contributed by atoms with Gasteiger partial charge in [-0.3, -0.25) is 4.79 Å². The zero-order valence-electron chi connectivity index (χ0n) is 11.6. The fourth-order valence-electron chi connectivity index (χ4n) is 1.52. The summed E-state index contributed by atoms with van der Waals surface area (Å²) in [5.41, 5.74) is 5.96. The van der Waals surface area contributed by atoms with Crippen molar-refractivity contribution in [2.24, 2.45) is 5.92 Å². The van der Waals surface area contributed by atoms with Gasteiger partial charge in [-0.05, 0) is 42.0 Å². The van der Waals surface area contributed by atoms with E-state index in [0.29, 0.717) is 12.1 Å². The summed E-state index contributed by atoms with van der Waals surface area (Å²) in [4.78, 5) is 11.7. The molecule has 0 aliphatic carbocycles. The molecule has 1 atom stereocenters. The van der Waals surface area contributed by atoms with Gasteiger partial charge in [-0.1, -0.05) is 6.92 Å². The van der Waals surface area contributed by atoms with Gasteiger partial charge in [0.05, 0.1) is 5.69 Å². The molecule has 1 rings (SSSR count). The number of rotatable bonds is 8. The number of nitrogen functional groups attached to an aromatic ring is 1. The molecule has 1 aromatic rings. The molecule has 20 heavy (non-hydrogen) atoms. The van der Waals surface area contributed by atoms with Crippen LogP contribution in [-0.2, 0) is 4.79 Å². The molecular weight excluding hydrogens is 279 g/mol. The molecule has 0 saturated carbocycles. The monoisotopic (exact) mass is 300 g/mol. The Labute approximate surface area is 122 Å². The van der Waals surface area contributed by atoms with Crippen LogP contribution >= 0.6 is 11.8 Å². The fraction of sp³-hybridized carbons (Fsp3) is 0.500. The molecule has 4 N–H and O–H groups in total. The van der Waals surface area contributed by atoms with Crippen molar-refractivity contribution >= 4 is 29.0 Å². The van der Waals surface area contributed by atoms with Crippen molar-refractivity contribution < 1.29 is 14.3 Å². The molecule has 1 aromatic carbocycles. The van der Waals surface area contributed by atoms with Gasteiger partial charge < -0.3 is 16.2 Å². The molecule has 112 valence electrons. The summed E-state index contributed by atoms with van der Waals surface area (Å²) in [6, 6.07) is 4.13. The van der Waals surface area contributed by atoms with E-state index < -0.39 is 5.82 Å². The molecule has 0 fully saturated rings. The molecule has 1 unspecified atom stereocenters. The minimum Gasteiger partial charge on any atom is -0.396 e. The molecule has 0 bridgehead atoms. The van der Waals surface area contributed by atoms with Crippen LogP contribution in [0.2, 0.25) is 0 Å². The van der Waals surface area contributed by atoms with Crippen LogP contribution in [0.3, 0.4) is 0 Å². The van der Waals surface area contributed by atoms with E-state index >= 15 is 0 Å². The third kappa shape index (κ3) is 6.25. The van der Waals surface area contributed by atoms with Crippen molar-refractivity contribution in [1.29, 1.82) is 0 Å². The summed E-state index contributed by atoms with van der Waals surface area (Å²) in [5.74, 6) is 1.47. The highest BCUT2D eigenvalue weighted by atomic mass is 32.2. The van der Waals surface area contributed by atoms with Gasteiger partial charge in [0.15, 0.2) is 0 Å². The number of anilines is 2. The fourth-order valence-corrected chi connectivity index (χ4v) is 2.54. The van der Waals surface area contributed by atoms with Crippen LogP contribution in [0, 0.1) is 11.7 Å². The van der Waals surface area contributed by atoms with Crippen LogP contribution in [0.5, 0.6) is 0 Å². The Hall–Kier alpha value is -1.27. The van der Waals surface area contributed by atoms with Crippen molar-refractivity contribution in [3.63, 3.8) is 0 Å². The van der Waals surface area contributed by atoms with Gasteiger partial charge in [-0.25, -0.2) is 4.39 Å². The zero-order valence-corrected chi connectivity index (χ0v) is 12.4. The van der Waals surface area contributed by atoms with Gasteiger partial charge in [0.2, 0.25) is 5.91 Å². The highest BCUT2D eigenvalue weighted by Gasteiger charge is 2.05. The quantitative estimate of drug-likeness (QED) is 0.509. The van der Waals surface area contributed by atoms with Gasteiger partial charge in [0.25, 0.3) is 0 Å². The van der Waals surface area contributed by atoms with Crippen molar-refractivity contribution in [2.75, 3.05) is 29.2 Å². The number of amides is 1. The van der Waals surface area contributed by atoms with Crippen LogP contribution in [-0.4, -0.2) is 29.1 Å². The van der Waals surface area contributed by atoms with Crippen LogP contribution in [0.25, 0.3) is 0 Å². The number of carbonyl (C=O) groups excluding carboxylic acids is 1. The lowest BCUT2D eigenvalue weighted by molar-refractivity contribution is -0.116. The average Bonchev–Trinajstić information content (AvgIpc) is 2.42. The van der Waals surface area contributed by atoms with E-state index in [4.69, 9.17) is 10.8 Å². The summed E-state index contributed by atoms with van der Waals surface area (Å²) in [7, 11) is 0. The summed E-state index contributed by atoms with van der Waals surface area (Å²) in [6.45, 7) is 2.18. The summed E-state index contributed by atoms with van der Waals surface area (Å²) < 4.78 is 13.0. The van der Waals surface area contributed by atoms with E-state index in [0.717, 1.165) is 17.9 Å². The summed E-state index contributed by atoms with van der Waals surface area (Å²) >= 11 is 1.73. The van der Waals surface area contributed by atoms with E-state index in [-0.39, 0.29) is 24.1 Å². The molecular formula is C14H21FN2O2S. The van der Waals surface area contributed by atoms with Crippen LogP contribution in [0.15, 0.2) is 18.2 Å². The van der Waals surface area contributed by atoms with Crippen molar-refractivity contribution in [1.82, 2.24) is 0 Å². The molecule has 6 heteroatoms. The molecule has 0 aliphatic heterocycles. The number of nitrogens with two attached hydrogens (primary N) is 1. The number of hydrogen-bond donors (Lipinski definition) is 3. The van der Waals surface area contributed by atoms with Gasteiger partial charge in [-0.15, -0.1) is 0 Å². The van der Waals surface area contributed by atoms with Gasteiger partial charge in [0, 0.05) is 18.7 Å². The summed E-state index contributed by atoms with van der Waals surface area (Å²) in [5, 5.41) is 11.6. The Bertz CT molecular complexity index is 443. The predicted molar refractivity (Wildman–Crippen MR) is 82.3 cm³/mol. The first kappa shape index (κ1) is 16.8. The van der Waals surface area contributed by atoms with E-state index in [1.807, 2.05) is 6.92 Å². The van der Waals surface area contributed by atoms with Gasteiger partial charge in [-0.2, -0.15) is 11.8 Å². The number of benzene rings is 1. The van der Waals surface area contributed by atoms with E-state index in [9.17, 15) is 9.18 Å². The predicted octanol–water partition coefficient (Wildman–Crippen LogP) is 2.49. The Morgan fingerprint density at radius 3 is 2.95 bits per heavy atom. The number of hydrogen-bond acceptors (Lipinski definition) is 4. The van der Waals surface area contributed by atoms with Gasteiger partial charge >= 0.3 is 0 Å². The first-order valence-corrected chi connectivity index (χ1v) is 7.72. The number of aliphatic hydroxyl groups excluding tert-OH is 1. The van der Waals surface area contributed by atoms with Crippen LogP contribution in [0.4, 0.5) is 15.8 Å². The maximum absolute atomic E-state index is 13.0. The van der Waals surface area contributed by atoms with Crippen molar-refractivity contribution in [3.05, 3.63) is 24.0 Å². The smallest absolute Gasteiger partial charge is 0.224 e. The number of aliphatic hydroxyl groups is 1. The summed E-state index contributed by atoms with van der Waals surface area (Å²) in [6.07, 6.45) is 1.18. The molecule has 0 radical (unpaired) electrons. The lowest BCUT2D eigenvalue weighted by atomic mass is 10.2. The molecule has 0 spiro atoms. The van der Waals surface area contributed by atoms with Crippen molar-refractivity contribution in [2.45, 2.75) is 19.8 Å². The molecule has 0 heterocycles. The Balaban J connectivity index is 2.21. The minimum absolute atomic E-state index is 0.0244. The first-order chi connectivity index (χ1) is 9.52. The SMILES string of the molecule is CC(CO)CSCCCC(=O)Nc1ccc(F)c(N)c1. The van der Waals surface area contributed by atoms with Gasteiger partial charge in [0.1, 0.15) is 5.82 Å². The maximum Gasteiger partial charge on any atom is 0.224 e. The van der Waals surface area contributed by atoms with Crippen LogP contribution < -0.4 is 11.1 Å². The van der Waals surface area contributed by atoms with E-state index in [1.165, 1.54) is 18.2 Å². The van der Waals surface area contributed by atoms with E-state index in [1.54, 1.807) is 11.8 Å². The minimum atomic E-state index is -0.489. The first-order valence-electron chi connectivity index (χ1n) is 6.56. The standard InChI is InChI=1S/C14H21FN2O2S/c1-10(8-18)9-20-6-2-3-14(19)17-11-4-5-12(15)13(16)7-11/h4-5,7,10,18H,2-3,6,8-9,16H2,1H3,(H,17,19). The third-order valence-corrected chi connectivity index (χ3v) is 4.07. The lowest BCUT2D eigenvalue weighted by Gasteiger charge is -2.08. The second-order valence-electron chi connectivity index (χ2n) is 4.75. The number of nitrogens with one attached hydrogen (secondary N) is 1. The largest absolute Gasteiger partial charge is 0.396 e. The Morgan fingerprint density at radius 1 is 1.55 bits per heavy atom. The molecule has 0 aromatic heterocycles. The number of carbonyl (C=O) groups is 1. The lowest BCUT2D eigenvalue weighted by Crippen LogP contribution is -2.12. The van der Waals surface area contributed by atoms with Crippen LogP contribution in [0.1, 0.15) is 19.8 Å². The highest BCUT2D eigenvalue weighted by Crippen LogP contribution is 2.17. The highest BCUT2D eigenvalue weighted by molar-refractivity contribution is 7.99. The Morgan fingerprint density at radius 2 is 2.30 bits per heavy atom. The number of halogens is 1. The molecule has 0 aliphatic rings. The Kier molecular flexibility index (Phi) is 7.40. The van der Waals surface area contributed by atoms with Crippen molar-refractivity contribution in [3.8, 4) is 0 Å².